The second-order valence-corrected chi connectivity index (χ2v) is 4.80. The minimum absolute atomic E-state index is 1.04. The second kappa shape index (κ2) is 6.44. The standard InChI is InChI=1S/C17H23N/c1-3-5-8-14(7-4-2)13-16-10-6-9-15-11-12-18-17(15)16/h5-10,18H,3-4,11-13H2,1-2H3/b8-5-,14-7+. The molecule has 0 spiro atoms. The Labute approximate surface area is 111 Å². The number of hydrogen-bond donors (Lipinski definition) is 1. The van der Waals surface area contributed by atoms with Crippen LogP contribution >= 0.6 is 0 Å². The van der Waals surface area contributed by atoms with Crippen LogP contribution in [0.5, 0.6) is 0 Å². The predicted octanol–water partition coefficient (Wildman–Crippen LogP) is 4.50. The van der Waals surface area contributed by atoms with Gasteiger partial charge in [-0.1, -0.05) is 50.3 Å². The molecule has 0 amide bonds. The molecule has 2 rings (SSSR count). The molecule has 0 saturated heterocycles. The molecule has 0 atom stereocenters. The predicted molar refractivity (Wildman–Crippen MR) is 80.1 cm³/mol. The lowest BCUT2D eigenvalue weighted by Crippen LogP contribution is -1.97. The van der Waals surface area contributed by atoms with Gasteiger partial charge in [-0.05, 0) is 42.4 Å². The summed E-state index contributed by atoms with van der Waals surface area (Å²) < 4.78 is 0. The molecule has 0 bridgehead atoms. The summed E-state index contributed by atoms with van der Waals surface area (Å²) in [5.41, 5.74) is 5.72. The van der Waals surface area contributed by atoms with Gasteiger partial charge >= 0.3 is 0 Å². The summed E-state index contributed by atoms with van der Waals surface area (Å²) >= 11 is 0. The summed E-state index contributed by atoms with van der Waals surface area (Å²) in [5, 5.41) is 3.52. The maximum absolute atomic E-state index is 3.52. The molecule has 1 N–H and O–H groups in total. The summed E-state index contributed by atoms with van der Waals surface area (Å²) in [6.45, 7) is 5.47. The largest absolute Gasteiger partial charge is 0.384 e. The molecule has 1 aromatic rings. The fourth-order valence-electron chi connectivity index (χ4n) is 2.51. The number of fused-ring (bicyclic) bond motifs is 1. The van der Waals surface area contributed by atoms with Crippen molar-refractivity contribution in [2.45, 2.75) is 39.5 Å². The van der Waals surface area contributed by atoms with Crippen molar-refractivity contribution in [3.63, 3.8) is 0 Å². The number of rotatable bonds is 5. The molecule has 1 heterocycles. The Morgan fingerprint density at radius 2 is 2.17 bits per heavy atom. The van der Waals surface area contributed by atoms with Gasteiger partial charge in [0.05, 0.1) is 0 Å². The first-order valence-corrected chi connectivity index (χ1v) is 7.05. The van der Waals surface area contributed by atoms with Crippen LogP contribution in [0.15, 0.2) is 42.0 Å². The molecular weight excluding hydrogens is 218 g/mol. The number of nitrogens with one attached hydrogen (secondary N) is 1. The van der Waals surface area contributed by atoms with Crippen LogP contribution in [-0.2, 0) is 12.8 Å². The van der Waals surface area contributed by atoms with Crippen molar-refractivity contribution in [2.75, 3.05) is 11.9 Å². The molecule has 0 unspecified atom stereocenters. The van der Waals surface area contributed by atoms with Gasteiger partial charge < -0.3 is 5.32 Å². The van der Waals surface area contributed by atoms with Crippen LogP contribution in [0.1, 0.15) is 37.8 Å². The maximum Gasteiger partial charge on any atom is 0.0409 e. The van der Waals surface area contributed by atoms with Crippen LogP contribution < -0.4 is 5.32 Å². The Morgan fingerprint density at radius 3 is 2.94 bits per heavy atom. The summed E-state index contributed by atoms with van der Waals surface area (Å²) in [6, 6.07) is 6.68. The van der Waals surface area contributed by atoms with Gasteiger partial charge in [-0.3, -0.25) is 0 Å². The topological polar surface area (TPSA) is 12.0 Å². The summed E-state index contributed by atoms with van der Waals surface area (Å²) in [7, 11) is 0. The lowest BCUT2D eigenvalue weighted by Gasteiger charge is -2.09. The van der Waals surface area contributed by atoms with Crippen molar-refractivity contribution in [3.05, 3.63) is 53.1 Å². The zero-order chi connectivity index (χ0) is 12.8. The summed E-state index contributed by atoms with van der Waals surface area (Å²) in [4.78, 5) is 0. The van der Waals surface area contributed by atoms with Gasteiger partial charge in [0.2, 0.25) is 0 Å². The van der Waals surface area contributed by atoms with Crippen LogP contribution in [0.2, 0.25) is 0 Å². The van der Waals surface area contributed by atoms with E-state index in [0.717, 1.165) is 25.8 Å². The Hall–Kier alpha value is -1.50. The fourth-order valence-corrected chi connectivity index (χ4v) is 2.51. The third kappa shape index (κ3) is 3.04. The smallest absolute Gasteiger partial charge is 0.0409 e. The molecule has 0 radical (unpaired) electrons. The average molecular weight is 241 g/mol. The lowest BCUT2D eigenvalue weighted by molar-refractivity contribution is 1.11. The highest BCUT2D eigenvalue weighted by Crippen LogP contribution is 2.28. The van der Waals surface area contributed by atoms with E-state index in [0.29, 0.717) is 0 Å². The van der Waals surface area contributed by atoms with Gasteiger partial charge in [0, 0.05) is 12.2 Å². The van der Waals surface area contributed by atoms with Crippen molar-refractivity contribution in [1.29, 1.82) is 0 Å². The van der Waals surface area contributed by atoms with E-state index in [1.165, 1.54) is 28.8 Å². The number of hydrogen-bond acceptors (Lipinski definition) is 1. The zero-order valence-corrected chi connectivity index (χ0v) is 11.5. The quantitative estimate of drug-likeness (QED) is 0.748. The van der Waals surface area contributed by atoms with Crippen molar-refractivity contribution in [3.8, 4) is 0 Å². The van der Waals surface area contributed by atoms with Crippen LogP contribution in [0.3, 0.4) is 0 Å². The van der Waals surface area contributed by atoms with E-state index < -0.39 is 0 Å². The molecular formula is C17H23N. The third-order valence-corrected chi connectivity index (χ3v) is 3.36. The maximum atomic E-state index is 3.52. The van der Waals surface area contributed by atoms with Crippen LogP contribution in [0, 0.1) is 0 Å². The van der Waals surface area contributed by atoms with Gasteiger partial charge in [-0.15, -0.1) is 0 Å². The molecule has 1 aromatic carbocycles. The van der Waals surface area contributed by atoms with Gasteiger partial charge in [0.15, 0.2) is 0 Å². The first-order valence-electron chi connectivity index (χ1n) is 7.05. The summed E-state index contributed by atoms with van der Waals surface area (Å²) in [5.74, 6) is 0. The molecule has 0 aliphatic carbocycles. The van der Waals surface area contributed by atoms with Crippen LogP contribution in [-0.4, -0.2) is 6.54 Å². The van der Waals surface area contributed by atoms with E-state index in [1.54, 1.807) is 0 Å². The SMILES string of the molecule is CC/C=C\C(=C/CC)Cc1cccc2c1NCC2. The molecule has 96 valence electrons. The monoisotopic (exact) mass is 241 g/mol. The minimum atomic E-state index is 1.04. The first kappa shape index (κ1) is 12.9. The van der Waals surface area contributed by atoms with Crippen LogP contribution in [0.4, 0.5) is 5.69 Å². The molecule has 0 fully saturated rings. The van der Waals surface area contributed by atoms with E-state index in [-0.39, 0.29) is 0 Å². The number of para-hydroxylation sites is 1. The van der Waals surface area contributed by atoms with Crippen molar-refractivity contribution < 1.29 is 0 Å². The van der Waals surface area contributed by atoms with Crippen molar-refractivity contribution >= 4 is 5.69 Å². The molecule has 18 heavy (non-hydrogen) atoms. The Kier molecular flexibility index (Phi) is 4.63. The normalized spacial score (nSPS) is 14.9. The van der Waals surface area contributed by atoms with E-state index in [2.05, 4.69) is 55.6 Å². The van der Waals surface area contributed by atoms with E-state index in [1.807, 2.05) is 0 Å². The first-order chi connectivity index (χ1) is 8.85. The van der Waals surface area contributed by atoms with Gasteiger partial charge in [0.1, 0.15) is 0 Å². The van der Waals surface area contributed by atoms with Gasteiger partial charge in [-0.2, -0.15) is 0 Å². The van der Waals surface area contributed by atoms with E-state index in [4.69, 9.17) is 0 Å². The lowest BCUT2D eigenvalue weighted by atomic mass is 9.99. The highest BCUT2D eigenvalue weighted by Gasteiger charge is 2.13. The Balaban J connectivity index is 2.19. The van der Waals surface area contributed by atoms with Crippen LogP contribution in [0.25, 0.3) is 0 Å². The molecule has 1 aliphatic heterocycles. The second-order valence-electron chi connectivity index (χ2n) is 4.80. The van der Waals surface area contributed by atoms with E-state index >= 15 is 0 Å². The highest BCUT2D eigenvalue weighted by atomic mass is 14.9. The average Bonchev–Trinajstić information content (AvgIpc) is 2.85. The molecule has 0 saturated carbocycles. The minimum Gasteiger partial charge on any atom is -0.384 e. The van der Waals surface area contributed by atoms with Crippen molar-refractivity contribution in [2.24, 2.45) is 0 Å². The van der Waals surface area contributed by atoms with Crippen molar-refractivity contribution in [1.82, 2.24) is 0 Å². The number of allylic oxidation sites excluding steroid dienone is 4. The van der Waals surface area contributed by atoms with Gasteiger partial charge in [0.25, 0.3) is 0 Å². The number of benzene rings is 1. The Morgan fingerprint density at radius 1 is 1.28 bits per heavy atom. The molecule has 1 aliphatic rings. The molecule has 1 nitrogen and oxygen atoms in total. The zero-order valence-electron chi connectivity index (χ0n) is 11.5. The molecule has 1 heteroatoms. The van der Waals surface area contributed by atoms with E-state index in [9.17, 15) is 0 Å². The highest BCUT2D eigenvalue weighted by molar-refractivity contribution is 5.62. The number of anilines is 1. The Bertz CT molecular complexity index is 455. The van der Waals surface area contributed by atoms with Gasteiger partial charge in [-0.25, -0.2) is 0 Å². The third-order valence-electron chi connectivity index (χ3n) is 3.36. The fraction of sp³-hybridized carbons (Fsp3) is 0.412. The molecule has 0 aromatic heterocycles. The summed E-state index contributed by atoms with van der Waals surface area (Å²) in [6.07, 6.45) is 11.3.